The quantitative estimate of drug-likeness (QED) is 0.733. The molecule has 0 spiro atoms. The van der Waals surface area contributed by atoms with Crippen LogP contribution in [-0.2, 0) is 19.5 Å². The molecule has 2 aromatic rings. The highest BCUT2D eigenvalue weighted by Crippen LogP contribution is 2.21. The SMILES string of the molecule is Cc1cc(CN2CCN(C)CC2)c(C)c(CN(C)C(C)Cc2ccccn2)c1. The van der Waals surface area contributed by atoms with Gasteiger partial charge in [0.15, 0.2) is 0 Å². The maximum Gasteiger partial charge on any atom is 0.0419 e. The van der Waals surface area contributed by atoms with Crippen LogP contribution in [0.1, 0.15) is 34.9 Å². The van der Waals surface area contributed by atoms with Gasteiger partial charge in [0, 0.05) is 63.6 Å². The minimum absolute atomic E-state index is 0.455. The number of likely N-dealkylation sites (N-methyl/N-ethyl adjacent to an activating group) is 2. The molecule has 1 fully saturated rings. The second kappa shape index (κ2) is 9.64. The second-order valence-electron chi connectivity index (χ2n) is 8.58. The molecule has 0 aliphatic carbocycles. The molecule has 2 heterocycles. The van der Waals surface area contributed by atoms with Crippen LogP contribution in [0.3, 0.4) is 0 Å². The van der Waals surface area contributed by atoms with Gasteiger partial charge in [-0.3, -0.25) is 14.8 Å². The highest BCUT2D eigenvalue weighted by Gasteiger charge is 2.17. The molecular weight excluding hydrogens is 344 g/mol. The number of hydrogen-bond donors (Lipinski definition) is 0. The van der Waals surface area contributed by atoms with Gasteiger partial charge in [-0.1, -0.05) is 23.8 Å². The minimum atomic E-state index is 0.455. The van der Waals surface area contributed by atoms with Crippen LogP contribution in [0.2, 0.25) is 0 Å². The molecule has 1 saturated heterocycles. The van der Waals surface area contributed by atoms with E-state index in [1.165, 1.54) is 54.1 Å². The Labute approximate surface area is 171 Å². The van der Waals surface area contributed by atoms with Gasteiger partial charge in [-0.2, -0.15) is 0 Å². The molecule has 1 aromatic heterocycles. The van der Waals surface area contributed by atoms with E-state index in [1.807, 2.05) is 12.3 Å². The van der Waals surface area contributed by atoms with Crippen molar-refractivity contribution < 1.29 is 0 Å². The first-order valence-electron chi connectivity index (χ1n) is 10.5. The number of rotatable bonds is 7. The van der Waals surface area contributed by atoms with Crippen LogP contribution in [0, 0.1) is 13.8 Å². The van der Waals surface area contributed by atoms with E-state index < -0.39 is 0 Å². The summed E-state index contributed by atoms with van der Waals surface area (Å²) in [5, 5.41) is 0. The summed E-state index contributed by atoms with van der Waals surface area (Å²) < 4.78 is 0. The fourth-order valence-corrected chi connectivity index (χ4v) is 3.99. The van der Waals surface area contributed by atoms with Crippen LogP contribution < -0.4 is 0 Å². The highest BCUT2D eigenvalue weighted by atomic mass is 15.2. The fourth-order valence-electron chi connectivity index (χ4n) is 3.99. The molecule has 0 bridgehead atoms. The molecule has 0 radical (unpaired) electrons. The zero-order valence-electron chi connectivity index (χ0n) is 18.3. The minimum Gasteiger partial charge on any atom is -0.304 e. The van der Waals surface area contributed by atoms with E-state index in [1.54, 1.807) is 0 Å². The van der Waals surface area contributed by atoms with Crippen molar-refractivity contribution in [3.05, 3.63) is 64.5 Å². The molecule has 1 unspecified atom stereocenters. The summed E-state index contributed by atoms with van der Waals surface area (Å²) in [6.07, 6.45) is 2.87. The van der Waals surface area contributed by atoms with Crippen LogP contribution in [0.25, 0.3) is 0 Å². The third kappa shape index (κ3) is 5.63. The zero-order chi connectivity index (χ0) is 20.1. The zero-order valence-corrected chi connectivity index (χ0v) is 18.3. The van der Waals surface area contributed by atoms with Crippen LogP contribution in [0.15, 0.2) is 36.5 Å². The number of hydrogen-bond acceptors (Lipinski definition) is 4. The van der Waals surface area contributed by atoms with E-state index in [4.69, 9.17) is 0 Å². The number of aromatic nitrogens is 1. The van der Waals surface area contributed by atoms with Crippen molar-refractivity contribution in [3.8, 4) is 0 Å². The lowest BCUT2D eigenvalue weighted by molar-refractivity contribution is 0.148. The normalized spacial score (nSPS) is 17.2. The van der Waals surface area contributed by atoms with Gasteiger partial charge in [0.2, 0.25) is 0 Å². The average Bonchev–Trinajstić information content (AvgIpc) is 2.68. The first-order chi connectivity index (χ1) is 13.4. The predicted octanol–water partition coefficient (Wildman–Crippen LogP) is 3.51. The summed E-state index contributed by atoms with van der Waals surface area (Å²) >= 11 is 0. The molecule has 1 aliphatic heterocycles. The van der Waals surface area contributed by atoms with Crippen molar-refractivity contribution in [2.45, 2.75) is 46.3 Å². The molecule has 0 amide bonds. The lowest BCUT2D eigenvalue weighted by atomic mass is 9.97. The van der Waals surface area contributed by atoms with Crippen molar-refractivity contribution in [1.82, 2.24) is 19.7 Å². The highest BCUT2D eigenvalue weighted by molar-refractivity contribution is 5.38. The molecule has 0 saturated carbocycles. The van der Waals surface area contributed by atoms with Gasteiger partial charge in [-0.05, 0) is 63.7 Å². The number of piperazine rings is 1. The van der Waals surface area contributed by atoms with E-state index >= 15 is 0 Å². The lowest BCUT2D eigenvalue weighted by Gasteiger charge is -2.33. The number of pyridine rings is 1. The fraction of sp³-hybridized carbons (Fsp3) is 0.542. The van der Waals surface area contributed by atoms with Crippen molar-refractivity contribution in [1.29, 1.82) is 0 Å². The Morgan fingerprint density at radius 2 is 1.79 bits per heavy atom. The van der Waals surface area contributed by atoms with Crippen molar-refractivity contribution in [2.75, 3.05) is 40.3 Å². The molecule has 1 aromatic carbocycles. The lowest BCUT2D eigenvalue weighted by Crippen LogP contribution is -2.44. The van der Waals surface area contributed by atoms with E-state index in [2.05, 4.69) is 78.8 Å². The molecular formula is C24H36N4. The van der Waals surface area contributed by atoms with Gasteiger partial charge >= 0.3 is 0 Å². The van der Waals surface area contributed by atoms with Crippen molar-refractivity contribution >= 4 is 0 Å². The molecule has 28 heavy (non-hydrogen) atoms. The summed E-state index contributed by atoms with van der Waals surface area (Å²) in [5.74, 6) is 0. The van der Waals surface area contributed by atoms with Crippen LogP contribution in [-0.4, -0.2) is 66.0 Å². The number of benzene rings is 1. The molecule has 1 atom stereocenters. The first-order valence-corrected chi connectivity index (χ1v) is 10.5. The van der Waals surface area contributed by atoms with Gasteiger partial charge in [0.05, 0.1) is 0 Å². The maximum absolute atomic E-state index is 4.49. The van der Waals surface area contributed by atoms with Crippen molar-refractivity contribution in [2.24, 2.45) is 0 Å². The Hall–Kier alpha value is -1.75. The molecule has 152 valence electrons. The molecule has 4 heteroatoms. The Morgan fingerprint density at radius 1 is 1.07 bits per heavy atom. The van der Waals surface area contributed by atoms with Crippen molar-refractivity contribution in [3.63, 3.8) is 0 Å². The molecule has 1 aliphatic rings. The molecule has 0 N–H and O–H groups in total. The van der Waals surface area contributed by atoms with Gasteiger partial charge in [0.1, 0.15) is 0 Å². The smallest absolute Gasteiger partial charge is 0.0419 e. The largest absolute Gasteiger partial charge is 0.304 e. The van der Waals surface area contributed by atoms with Gasteiger partial charge in [-0.25, -0.2) is 0 Å². The van der Waals surface area contributed by atoms with Gasteiger partial charge in [0.25, 0.3) is 0 Å². The summed E-state index contributed by atoms with van der Waals surface area (Å²) in [6.45, 7) is 13.6. The van der Waals surface area contributed by atoms with E-state index in [-0.39, 0.29) is 0 Å². The topological polar surface area (TPSA) is 22.6 Å². The van der Waals surface area contributed by atoms with E-state index in [9.17, 15) is 0 Å². The summed E-state index contributed by atoms with van der Waals surface area (Å²) in [7, 11) is 4.45. The third-order valence-electron chi connectivity index (χ3n) is 6.16. The number of aryl methyl sites for hydroxylation is 1. The molecule has 4 nitrogen and oxygen atoms in total. The van der Waals surface area contributed by atoms with Gasteiger partial charge < -0.3 is 4.90 Å². The summed E-state index contributed by atoms with van der Waals surface area (Å²) in [5.41, 5.74) is 6.94. The second-order valence-corrected chi connectivity index (χ2v) is 8.58. The van der Waals surface area contributed by atoms with Crippen LogP contribution in [0.5, 0.6) is 0 Å². The third-order valence-corrected chi connectivity index (χ3v) is 6.16. The standard InChI is InChI=1S/C24H36N4/c1-19-14-22(17-27(5)20(2)16-24-8-6-7-9-25-24)21(3)23(15-19)18-28-12-10-26(4)11-13-28/h6-9,14-15,20H,10-13,16-18H2,1-5H3. The summed E-state index contributed by atoms with van der Waals surface area (Å²) in [6, 6.07) is 11.4. The summed E-state index contributed by atoms with van der Waals surface area (Å²) in [4.78, 5) is 12.0. The number of nitrogens with zero attached hydrogens (tertiary/aromatic N) is 4. The monoisotopic (exact) mass is 380 g/mol. The molecule has 3 rings (SSSR count). The Kier molecular flexibility index (Phi) is 7.22. The van der Waals surface area contributed by atoms with E-state index in [0.29, 0.717) is 6.04 Å². The first kappa shape index (κ1) is 21.0. The van der Waals surface area contributed by atoms with Gasteiger partial charge in [-0.15, -0.1) is 0 Å². The van der Waals surface area contributed by atoms with Crippen LogP contribution in [0.4, 0.5) is 0 Å². The predicted molar refractivity (Wildman–Crippen MR) is 118 cm³/mol. The van der Waals surface area contributed by atoms with Crippen LogP contribution >= 0.6 is 0 Å². The average molecular weight is 381 g/mol. The Bertz CT molecular complexity index is 751. The maximum atomic E-state index is 4.49. The Morgan fingerprint density at radius 3 is 2.46 bits per heavy atom. The van der Waals surface area contributed by atoms with E-state index in [0.717, 1.165) is 19.5 Å². The Balaban J connectivity index is 1.66.